The Balaban J connectivity index is 2.88. The van der Waals surface area contributed by atoms with Gasteiger partial charge in [0.05, 0.1) is 13.7 Å². The molecule has 0 fully saturated rings. The van der Waals surface area contributed by atoms with Crippen LogP contribution in [0.2, 0.25) is 0 Å². The Hall–Kier alpha value is -1.14. The monoisotopic (exact) mass is 333 g/mol. The molecule has 1 rings (SSSR count). The number of carbonyl (C=O) groups excluding carboxylic acids is 1. The highest BCUT2D eigenvalue weighted by molar-refractivity contribution is 9.09. The van der Waals surface area contributed by atoms with Crippen molar-refractivity contribution in [3.8, 4) is 5.75 Å². The van der Waals surface area contributed by atoms with Crippen LogP contribution >= 0.6 is 15.9 Å². The minimum absolute atomic E-state index is 0.0661. The number of methoxy groups -OCH3 is 2. The number of hydrogen-bond acceptors (Lipinski definition) is 3. The van der Waals surface area contributed by atoms with Gasteiger partial charge in [-0.3, -0.25) is 4.79 Å². The molecule has 0 atom stereocenters. The molecule has 6 heteroatoms. The van der Waals surface area contributed by atoms with E-state index in [1.165, 1.54) is 25.3 Å². The van der Waals surface area contributed by atoms with Crippen LogP contribution in [0.25, 0.3) is 0 Å². The van der Waals surface area contributed by atoms with Crippen LogP contribution in [0, 0.1) is 5.82 Å². The van der Waals surface area contributed by atoms with E-state index in [4.69, 9.17) is 9.47 Å². The zero-order chi connectivity index (χ0) is 14.3. The number of halogens is 2. The zero-order valence-electron chi connectivity index (χ0n) is 11.0. The molecule has 0 spiro atoms. The van der Waals surface area contributed by atoms with E-state index in [0.29, 0.717) is 30.6 Å². The number of carbonyl (C=O) groups is 1. The Kier molecular flexibility index (Phi) is 6.80. The fourth-order valence-electron chi connectivity index (χ4n) is 1.59. The van der Waals surface area contributed by atoms with E-state index >= 15 is 0 Å². The maximum atomic E-state index is 13.3. The molecule has 1 aromatic rings. The van der Waals surface area contributed by atoms with Gasteiger partial charge >= 0.3 is 0 Å². The maximum Gasteiger partial charge on any atom is 0.254 e. The Morgan fingerprint density at radius 2 is 2.11 bits per heavy atom. The molecule has 0 heterocycles. The first-order valence-electron chi connectivity index (χ1n) is 5.81. The van der Waals surface area contributed by atoms with Crippen LogP contribution in [0.5, 0.6) is 5.75 Å². The molecule has 4 nitrogen and oxygen atoms in total. The summed E-state index contributed by atoms with van der Waals surface area (Å²) < 4.78 is 23.2. The van der Waals surface area contributed by atoms with E-state index < -0.39 is 5.82 Å². The first kappa shape index (κ1) is 15.9. The van der Waals surface area contributed by atoms with Gasteiger partial charge in [0.2, 0.25) is 0 Å². The van der Waals surface area contributed by atoms with Gasteiger partial charge < -0.3 is 14.4 Å². The van der Waals surface area contributed by atoms with E-state index in [2.05, 4.69) is 15.9 Å². The van der Waals surface area contributed by atoms with Crippen LogP contribution < -0.4 is 4.74 Å². The number of hydrogen-bond donors (Lipinski definition) is 0. The first-order chi connectivity index (χ1) is 9.13. The van der Waals surface area contributed by atoms with Gasteiger partial charge in [0.25, 0.3) is 5.91 Å². The van der Waals surface area contributed by atoms with Gasteiger partial charge in [-0.05, 0) is 18.2 Å². The quantitative estimate of drug-likeness (QED) is 0.719. The molecular weight excluding hydrogens is 317 g/mol. The lowest BCUT2D eigenvalue weighted by molar-refractivity contribution is 0.0708. The second kappa shape index (κ2) is 8.12. The fraction of sp³-hybridized carbons (Fsp3) is 0.462. The van der Waals surface area contributed by atoms with E-state index in [0.717, 1.165) is 0 Å². The number of rotatable bonds is 7. The summed E-state index contributed by atoms with van der Waals surface area (Å²) in [4.78, 5) is 13.9. The summed E-state index contributed by atoms with van der Waals surface area (Å²) in [5, 5.41) is 0.667. The molecule has 106 valence electrons. The van der Waals surface area contributed by atoms with Crippen LogP contribution in [0.4, 0.5) is 4.39 Å². The van der Waals surface area contributed by atoms with E-state index in [9.17, 15) is 9.18 Å². The molecule has 0 aliphatic carbocycles. The lowest BCUT2D eigenvalue weighted by Gasteiger charge is -2.21. The average molecular weight is 334 g/mol. The molecule has 0 aliphatic rings. The molecule has 0 saturated heterocycles. The highest BCUT2D eigenvalue weighted by atomic mass is 79.9. The summed E-state index contributed by atoms with van der Waals surface area (Å²) in [7, 11) is 2.95. The standard InChI is InChI=1S/C13H17BrFNO3/c1-18-8-7-16(6-5-14)13(17)10-3-4-11(15)12(9-10)19-2/h3-4,9H,5-8H2,1-2H3. The largest absolute Gasteiger partial charge is 0.494 e. The van der Waals surface area contributed by atoms with Crippen LogP contribution in [0.3, 0.4) is 0 Å². The van der Waals surface area contributed by atoms with Crippen molar-refractivity contribution < 1.29 is 18.7 Å². The van der Waals surface area contributed by atoms with Gasteiger partial charge in [-0.1, -0.05) is 15.9 Å². The summed E-state index contributed by atoms with van der Waals surface area (Å²) in [6.07, 6.45) is 0. The van der Waals surface area contributed by atoms with Crippen molar-refractivity contribution in [2.45, 2.75) is 0 Å². The summed E-state index contributed by atoms with van der Waals surface area (Å²) in [5.74, 6) is -0.589. The Morgan fingerprint density at radius 1 is 1.37 bits per heavy atom. The summed E-state index contributed by atoms with van der Waals surface area (Å²) in [6, 6.07) is 4.09. The smallest absolute Gasteiger partial charge is 0.254 e. The molecular formula is C13H17BrFNO3. The van der Waals surface area contributed by atoms with Crippen molar-refractivity contribution in [2.24, 2.45) is 0 Å². The average Bonchev–Trinajstić information content (AvgIpc) is 2.43. The number of ether oxygens (including phenoxy) is 2. The third-order valence-corrected chi connectivity index (χ3v) is 2.96. The molecule has 1 aromatic carbocycles. The predicted molar refractivity (Wildman–Crippen MR) is 74.5 cm³/mol. The maximum absolute atomic E-state index is 13.3. The lowest BCUT2D eigenvalue weighted by Crippen LogP contribution is -2.35. The van der Waals surface area contributed by atoms with Crippen LogP contribution in [0.1, 0.15) is 10.4 Å². The molecule has 0 aromatic heterocycles. The van der Waals surface area contributed by atoms with Crippen LogP contribution in [0.15, 0.2) is 18.2 Å². The fourth-order valence-corrected chi connectivity index (χ4v) is 2.02. The molecule has 1 amide bonds. The summed E-state index contributed by atoms with van der Waals surface area (Å²) in [6.45, 7) is 1.50. The van der Waals surface area contributed by atoms with Gasteiger partial charge in [-0.2, -0.15) is 0 Å². The van der Waals surface area contributed by atoms with Crippen molar-refractivity contribution in [1.82, 2.24) is 4.90 Å². The third-order valence-electron chi connectivity index (χ3n) is 2.61. The van der Waals surface area contributed by atoms with E-state index in [1.807, 2.05) is 0 Å². The topological polar surface area (TPSA) is 38.8 Å². The SMILES string of the molecule is COCCN(CCBr)C(=O)c1ccc(F)c(OC)c1. The highest BCUT2D eigenvalue weighted by Gasteiger charge is 2.16. The third kappa shape index (κ3) is 4.47. The van der Waals surface area contributed by atoms with Gasteiger partial charge in [-0.15, -0.1) is 0 Å². The molecule has 0 radical (unpaired) electrons. The van der Waals surface area contributed by atoms with Crippen molar-refractivity contribution in [2.75, 3.05) is 39.2 Å². The normalized spacial score (nSPS) is 10.3. The lowest BCUT2D eigenvalue weighted by atomic mass is 10.2. The zero-order valence-corrected chi connectivity index (χ0v) is 12.6. The van der Waals surface area contributed by atoms with Gasteiger partial charge in [0, 0.05) is 31.1 Å². The molecule has 0 unspecified atom stereocenters. The predicted octanol–water partition coefficient (Wildman–Crippen LogP) is 2.32. The summed E-state index contributed by atoms with van der Waals surface area (Å²) in [5.41, 5.74) is 0.398. The Morgan fingerprint density at radius 3 is 2.68 bits per heavy atom. The minimum Gasteiger partial charge on any atom is -0.494 e. The van der Waals surface area contributed by atoms with Gasteiger partial charge in [-0.25, -0.2) is 4.39 Å². The van der Waals surface area contributed by atoms with Crippen molar-refractivity contribution >= 4 is 21.8 Å². The Labute approximate surface area is 120 Å². The molecule has 0 aliphatic heterocycles. The van der Waals surface area contributed by atoms with E-state index in [1.54, 1.807) is 12.0 Å². The van der Waals surface area contributed by atoms with Crippen LogP contribution in [-0.2, 0) is 4.74 Å². The van der Waals surface area contributed by atoms with Crippen molar-refractivity contribution in [3.63, 3.8) is 0 Å². The van der Waals surface area contributed by atoms with E-state index in [-0.39, 0.29) is 11.7 Å². The molecule has 0 bridgehead atoms. The van der Waals surface area contributed by atoms with Gasteiger partial charge in [0.1, 0.15) is 0 Å². The molecule has 0 saturated carbocycles. The summed E-state index contributed by atoms with van der Waals surface area (Å²) >= 11 is 3.30. The van der Waals surface area contributed by atoms with Crippen molar-refractivity contribution in [1.29, 1.82) is 0 Å². The van der Waals surface area contributed by atoms with Crippen LogP contribution in [-0.4, -0.2) is 50.1 Å². The second-order valence-electron chi connectivity index (χ2n) is 3.82. The number of nitrogens with zero attached hydrogens (tertiary/aromatic N) is 1. The van der Waals surface area contributed by atoms with Gasteiger partial charge in [0.15, 0.2) is 11.6 Å². The molecule has 19 heavy (non-hydrogen) atoms. The highest BCUT2D eigenvalue weighted by Crippen LogP contribution is 2.19. The number of benzene rings is 1. The second-order valence-corrected chi connectivity index (χ2v) is 4.62. The first-order valence-corrected chi connectivity index (χ1v) is 6.94. The number of amides is 1. The minimum atomic E-state index is -0.483. The number of alkyl halides is 1. The van der Waals surface area contributed by atoms with Crippen molar-refractivity contribution in [3.05, 3.63) is 29.6 Å². The molecule has 0 N–H and O–H groups in total. The Bertz CT molecular complexity index is 428.